The monoisotopic (exact) mass is 587 g/mol. The SMILES string of the molecule is CC1(C)c2ccccc2-c2c(N(c3cccc(-c4ccccc4)c3)c3ccc4c(ccc5c6ccccc6ccc45)c3)cccc21. The lowest BCUT2D eigenvalue weighted by Gasteiger charge is -2.29. The summed E-state index contributed by atoms with van der Waals surface area (Å²) in [5.74, 6) is 0. The quantitative estimate of drug-likeness (QED) is 0.185. The van der Waals surface area contributed by atoms with Crippen LogP contribution in [0.1, 0.15) is 25.0 Å². The number of fused-ring (bicyclic) bond motifs is 8. The first-order valence-electron chi connectivity index (χ1n) is 16.1. The molecule has 0 heterocycles. The first kappa shape index (κ1) is 26.7. The fraction of sp³-hybridized carbons (Fsp3) is 0.0667. The molecular formula is C45H33N. The molecule has 0 fully saturated rings. The summed E-state index contributed by atoms with van der Waals surface area (Å²) in [6, 6.07) is 60.2. The predicted octanol–water partition coefficient (Wildman–Crippen LogP) is 12.6. The zero-order valence-electron chi connectivity index (χ0n) is 26.0. The van der Waals surface area contributed by atoms with Crippen LogP contribution >= 0.6 is 0 Å². The molecule has 1 heteroatoms. The highest BCUT2D eigenvalue weighted by molar-refractivity contribution is 6.17. The van der Waals surface area contributed by atoms with E-state index in [0.717, 1.165) is 11.4 Å². The second kappa shape index (κ2) is 10.2. The first-order valence-corrected chi connectivity index (χ1v) is 16.1. The Morgan fingerprint density at radius 3 is 1.91 bits per heavy atom. The van der Waals surface area contributed by atoms with Gasteiger partial charge in [0.05, 0.1) is 5.69 Å². The normalized spacial score (nSPS) is 13.2. The van der Waals surface area contributed by atoms with Crippen molar-refractivity contribution in [3.8, 4) is 22.3 Å². The summed E-state index contributed by atoms with van der Waals surface area (Å²) >= 11 is 0. The van der Waals surface area contributed by atoms with Crippen LogP contribution in [0.2, 0.25) is 0 Å². The van der Waals surface area contributed by atoms with Gasteiger partial charge in [0.2, 0.25) is 0 Å². The number of hydrogen-bond donors (Lipinski definition) is 0. The van der Waals surface area contributed by atoms with Crippen molar-refractivity contribution in [3.63, 3.8) is 0 Å². The van der Waals surface area contributed by atoms with Crippen LogP contribution in [0.25, 0.3) is 54.6 Å². The highest BCUT2D eigenvalue weighted by atomic mass is 15.1. The van der Waals surface area contributed by atoms with Crippen LogP contribution in [0, 0.1) is 0 Å². The standard InChI is InChI=1S/C45H33N/c1-45(2)41-19-9-8-18-40(41)44-42(45)20-11-21-43(44)46(34-16-10-15-32(28-34)30-12-4-3-5-13-30)35-24-27-37-33(29-35)23-26-38-36-17-7-6-14-31(36)22-25-39(37)38/h3-29H,1-2H3. The molecule has 8 aromatic rings. The van der Waals surface area contributed by atoms with Gasteiger partial charge in [-0.1, -0.05) is 147 Å². The Balaban J connectivity index is 1.30. The van der Waals surface area contributed by atoms with Crippen molar-refractivity contribution in [2.24, 2.45) is 0 Å². The predicted molar refractivity (Wildman–Crippen MR) is 197 cm³/mol. The van der Waals surface area contributed by atoms with E-state index in [2.05, 4.69) is 183 Å². The largest absolute Gasteiger partial charge is 0.310 e. The zero-order valence-corrected chi connectivity index (χ0v) is 26.0. The maximum atomic E-state index is 2.47. The van der Waals surface area contributed by atoms with Crippen molar-refractivity contribution in [1.29, 1.82) is 0 Å². The third-order valence-corrected chi connectivity index (χ3v) is 10.0. The van der Waals surface area contributed by atoms with E-state index in [4.69, 9.17) is 0 Å². The van der Waals surface area contributed by atoms with Crippen LogP contribution in [0.5, 0.6) is 0 Å². The van der Waals surface area contributed by atoms with E-state index in [1.807, 2.05) is 0 Å². The van der Waals surface area contributed by atoms with Crippen LogP contribution in [0.4, 0.5) is 17.1 Å². The van der Waals surface area contributed by atoms with Crippen LogP contribution in [-0.2, 0) is 5.41 Å². The molecule has 1 aliphatic rings. The fourth-order valence-electron chi connectivity index (χ4n) is 7.76. The number of benzene rings is 8. The lowest BCUT2D eigenvalue weighted by atomic mass is 9.82. The third-order valence-electron chi connectivity index (χ3n) is 10.0. The van der Waals surface area contributed by atoms with E-state index in [-0.39, 0.29) is 5.41 Å². The molecule has 0 N–H and O–H groups in total. The number of rotatable bonds is 4. The molecular weight excluding hydrogens is 555 g/mol. The summed E-state index contributed by atoms with van der Waals surface area (Å²) in [4.78, 5) is 2.47. The minimum atomic E-state index is -0.0788. The molecule has 1 nitrogen and oxygen atoms in total. The van der Waals surface area contributed by atoms with Crippen LogP contribution in [-0.4, -0.2) is 0 Å². The highest BCUT2D eigenvalue weighted by Crippen LogP contribution is 2.54. The van der Waals surface area contributed by atoms with Crippen molar-refractivity contribution < 1.29 is 0 Å². The van der Waals surface area contributed by atoms with Gasteiger partial charge in [0, 0.05) is 22.4 Å². The second-order valence-electron chi connectivity index (χ2n) is 13.0. The lowest BCUT2D eigenvalue weighted by molar-refractivity contribution is 0.660. The molecule has 46 heavy (non-hydrogen) atoms. The van der Waals surface area contributed by atoms with Gasteiger partial charge in [-0.2, -0.15) is 0 Å². The van der Waals surface area contributed by atoms with E-state index in [9.17, 15) is 0 Å². The van der Waals surface area contributed by atoms with Gasteiger partial charge in [-0.3, -0.25) is 0 Å². The Labute approximate surface area is 270 Å². The lowest BCUT2D eigenvalue weighted by Crippen LogP contribution is -2.16. The van der Waals surface area contributed by atoms with Crippen LogP contribution < -0.4 is 4.90 Å². The topological polar surface area (TPSA) is 3.24 Å². The average Bonchev–Trinajstić information content (AvgIpc) is 3.35. The summed E-state index contributed by atoms with van der Waals surface area (Å²) in [5.41, 5.74) is 11.2. The van der Waals surface area contributed by atoms with Crippen molar-refractivity contribution in [3.05, 3.63) is 175 Å². The minimum absolute atomic E-state index is 0.0788. The van der Waals surface area contributed by atoms with Crippen molar-refractivity contribution in [1.82, 2.24) is 0 Å². The smallest absolute Gasteiger partial charge is 0.0543 e. The Hall–Kier alpha value is -5.66. The first-order chi connectivity index (χ1) is 22.6. The summed E-state index contributed by atoms with van der Waals surface area (Å²) < 4.78 is 0. The maximum absolute atomic E-state index is 2.47. The van der Waals surface area contributed by atoms with Gasteiger partial charge in [0.15, 0.2) is 0 Å². The van der Waals surface area contributed by atoms with Gasteiger partial charge < -0.3 is 4.90 Å². The molecule has 0 saturated heterocycles. The Bertz CT molecular complexity index is 2450. The van der Waals surface area contributed by atoms with Gasteiger partial charge >= 0.3 is 0 Å². The van der Waals surface area contributed by atoms with Crippen LogP contribution in [0.3, 0.4) is 0 Å². The summed E-state index contributed by atoms with van der Waals surface area (Å²) in [6.07, 6.45) is 0. The Morgan fingerprint density at radius 2 is 1.04 bits per heavy atom. The molecule has 0 atom stereocenters. The van der Waals surface area contributed by atoms with Gasteiger partial charge in [-0.15, -0.1) is 0 Å². The van der Waals surface area contributed by atoms with Gasteiger partial charge in [0.25, 0.3) is 0 Å². The molecule has 0 aliphatic heterocycles. The van der Waals surface area contributed by atoms with E-state index in [1.54, 1.807) is 0 Å². The fourth-order valence-corrected chi connectivity index (χ4v) is 7.76. The van der Waals surface area contributed by atoms with E-state index >= 15 is 0 Å². The number of nitrogens with zero attached hydrogens (tertiary/aromatic N) is 1. The van der Waals surface area contributed by atoms with E-state index in [1.165, 1.54) is 71.4 Å². The van der Waals surface area contributed by atoms with Gasteiger partial charge in [-0.05, 0) is 90.5 Å². The molecule has 0 radical (unpaired) electrons. The number of anilines is 3. The molecule has 0 saturated carbocycles. The molecule has 0 unspecified atom stereocenters. The van der Waals surface area contributed by atoms with Crippen molar-refractivity contribution in [2.75, 3.05) is 4.90 Å². The molecule has 0 amide bonds. The maximum Gasteiger partial charge on any atom is 0.0543 e. The van der Waals surface area contributed by atoms with Crippen molar-refractivity contribution >= 4 is 49.4 Å². The third kappa shape index (κ3) is 4.02. The summed E-state index contributed by atoms with van der Waals surface area (Å²) in [5, 5.41) is 7.66. The molecule has 218 valence electrons. The van der Waals surface area contributed by atoms with E-state index in [0.29, 0.717) is 0 Å². The summed E-state index contributed by atoms with van der Waals surface area (Å²) in [6.45, 7) is 4.71. The zero-order chi connectivity index (χ0) is 30.8. The molecule has 0 spiro atoms. The molecule has 1 aliphatic carbocycles. The number of hydrogen-bond acceptors (Lipinski definition) is 1. The molecule has 8 aromatic carbocycles. The summed E-state index contributed by atoms with van der Waals surface area (Å²) in [7, 11) is 0. The average molecular weight is 588 g/mol. The minimum Gasteiger partial charge on any atom is -0.310 e. The van der Waals surface area contributed by atoms with E-state index < -0.39 is 0 Å². The highest BCUT2D eigenvalue weighted by Gasteiger charge is 2.37. The Morgan fingerprint density at radius 1 is 0.413 bits per heavy atom. The van der Waals surface area contributed by atoms with Gasteiger partial charge in [-0.25, -0.2) is 0 Å². The molecule has 0 bridgehead atoms. The van der Waals surface area contributed by atoms with Gasteiger partial charge in [0.1, 0.15) is 0 Å². The van der Waals surface area contributed by atoms with Crippen molar-refractivity contribution in [2.45, 2.75) is 19.3 Å². The second-order valence-corrected chi connectivity index (χ2v) is 13.0. The van der Waals surface area contributed by atoms with Crippen LogP contribution in [0.15, 0.2) is 164 Å². The molecule has 0 aromatic heterocycles. The molecule has 9 rings (SSSR count). The Kier molecular flexibility index (Phi) is 5.92.